The van der Waals surface area contributed by atoms with E-state index >= 15 is 0 Å². The second kappa shape index (κ2) is 4.70. The van der Waals surface area contributed by atoms with Crippen molar-refractivity contribution in [1.82, 2.24) is 4.98 Å². The molecule has 0 radical (unpaired) electrons. The van der Waals surface area contributed by atoms with Crippen LogP contribution in [0.25, 0.3) is 0 Å². The van der Waals surface area contributed by atoms with Crippen LogP contribution in [0.4, 0.5) is 0 Å². The summed E-state index contributed by atoms with van der Waals surface area (Å²) in [5.74, 6) is -0.708. The highest BCUT2D eigenvalue weighted by Crippen LogP contribution is 2.28. The molecule has 1 heterocycles. The number of hydrogen-bond acceptors (Lipinski definition) is 3. The van der Waals surface area contributed by atoms with Crippen molar-refractivity contribution in [2.75, 3.05) is 0 Å². The smallest absolute Gasteiger partial charge is 0.337 e. The van der Waals surface area contributed by atoms with Gasteiger partial charge in [0.1, 0.15) is 11.1 Å². The van der Waals surface area contributed by atoms with Crippen LogP contribution in [0.2, 0.25) is 5.02 Å². The lowest BCUT2D eigenvalue weighted by molar-refractivity contribution is 0.0696. The number of halogens is 1. The van der Waals surface area contributed by atoms with Crippen LogP contribution in [0.15, 0.2) is 12.3 Å². The lowest BCUT2D eigenvalue weighted by Gasteiger charge is -2.12. The first-order valence-electron chi connectivity index (χ1n) is 5.22. The molecular weight excluding hydrogens is 230 g/mol. The third kappa shape index (κ3) is 2.44. The predicted molar refractivity (Wildman–Crippen MR) is 59.1 cm³/mol. The van der Waals surface area contributed by atoms with Crippen LogP contribution in [0.1, 0.15) is 36.0 Å². The molecule has 2 rings (SSSR count). The SMILES string of the molecule is O=C(O)c1cnc(OC2CCCC2)c(Cl)c1. The second-order valence-electron chi connectivity index (χ2n) is 3.84. The van der Waals surface area contributed by atoms with Crippen LogP contribution in [-0.2, 0) is 0 Å². The van der Waals surface area contributed by atoms with E-state index in [1.54, 1.807) is 0 Å². The number of rotatable bonds is 3. The molecule has 0 saturated heterocycles. The fourth-order valence-corrected chi connectivity index (χ4v) is 2.00. The van der Waals surface area contributed by atoms with E-state index in [9.17, 15) is 4.79 Å². The third-order valence-corrected chi connectivity index (χ3v) is 2.91. The maximum atomic E-state index is 10.7. The minimum atomic E-state index is -1.04. The zero-order valence-electron chi connectivity index (χ0n) is 8.65. The van der Waals surface area contributed by atoms with Gasteiger partial charge in [0.25, 0.3) is 0 Å². The summed E-state index contributed by atoms with van der Waals surface area (Å²) in [6, 6.07) is 1.36. The number of carbonyl (C=O) groups is 1. The Morgan fingerprint density at radius 2 is 2.19 bits per heavy atom. The Balaban J connectivity index is 2.12. The van der Waals surface area contributed by atoms with E-state index in [1.807, 2.05) is 0 Å². The zero-order valence-corrected chi connectivity index (χ0v) is 9.41. The minimum absolute atomic E-state index is 0.0729. The van der Waals surface area contributed by atoms with E-state index in [1.165, 1.54) is 12.3 Å². The Morgan fingerprint density at radius 1 is 1.50 bits per heavy atom. The Morgan fingerprint density at radius 3 is 2.75 bits per heavy atom. The summed E-state index contributed by atoms with van der Waals surface area (Å²) in [5.41, 5.74) is 0.0729. The van der Waals surface area contributed by atoms with Crippen molar-refractivity contribution in [3.05, 3.63) is 22.8 Å². The topological polar surface area (TPSA) is 59.4 Å². The Hall–Kier alpha value is -1.29. The molecule has 0 amide bonds. The van der Waals surface area contributed by atoms with E-state index in [-0.39, 0.29) is 16.7 Å². The lowest BCUT2D eigenvalue weighted by Crippen LogP contribution is -2.12. The summed E-state index contributed by atoms with van der Waals surface area (Å²) in [5, 5.41) is 9.00. The first-order chi connectivity index (χ1) is 7.66. The molecule has 5 heteroatoms. The van der Waals surface area contributed by atoms with Crippen molar-refractivity contribution in [1.29, 1.82) is 0 Å². The highest BCUT2D eigenvalue weighted by atomic mass is 35.5. The molecule has 1 aliphatic carbocycles. The van der Waals surface area contributed by atoms with Crippen LogP contribution >= 0.6 is 11.6 Å². The molecular formula is C11H12ClNO3. The average molecular weight is 242 g/mol. The molecule has 0 bridgehead atoms. The molecule has 4 nitrogen and oxygen atoms in total. The van der Waals surface area contributed by atoms with Gasteiger partial charge in [-0.25, -0.2) is 9.78 Å². The quantitative estimate of drug-likeness (QED) is 0.884. The fraction of sp³-hybridized carbons (Fsp3) is 0.455. The standard InChI is InChI=1S/C11H12ClNO3/c12-9-5-7(11(14)15)6-13-10(9)16-8-3-1-2-4-8/h5-6,8H,1-4H2,(H,14,15). The summed E-state index contributed by atoms with van der Waals surface area (Å²) in [7, 11) is 0. The fourth-order valence-electron chi connectivity index (χ4n) is 1.79. The van der Waals surface area contributed by atoms with Crippen LogP contribution in [0.3, 0.4) is 0 Å². The Bertz CT molecular complexity index is 402. The number of ether oxygens (including phenoxy) is 1. The highest BCUT2D eigenvalue weighted by molar-refractivity contribution is 6.32. The van der Waals surface area contributed by atoms with E-state index in [0.717, 1.165) is 25.7 Å². The van der Waals surface area contributed by atoms with Gasteiger partial charge in [-0.05, 0) is 31.7 Å². The van der Waals surface area contributed by atoms with Crippen molar-refractivity contribution in [2.45, 2.75) is 31.8 Å². The van der Waals surface area contributed by atoms with Gasteiger partial charge in [0.05, 0.1) is 5.56 Å². The molecule has 0 unspecified atom stereocenters. The van der Waals surface area contributed by atoms with Gasteiger partial charge in [0, 0.05) is 6.20 Å². The normalized spacial score (nSPS) is 16.3. The van der Waals surface area contributed by atoms with Crippen molar-refractivity contribution in [3.63, 3.8) is 0 Å². The molecule has 1 N–H and O–H groups in total. The van der Waals surface area contributed by atoms with Crippen LogP contribution in [-0.4, -0.2) is 22.2 Å². The number of aromatic carboxylic acids is 1. The first-order valence-corrected chi connectivity index (χ1v) is 5.60. The first kappa shape index (κ1) is 11.2. The predicted octanol–water partition coefficient (Wildman–Crippen LogP) is 2.75. The molecule has 0 aliphatic heterocycles. The monoisotopic (exact) mass is 241 g/mol. The molecule has 0 atom stereocenters. The Kier molecular flexibility index (Phi) is 3.29. The molecule has 16 heavy (non-hydrogen) atoms. The summed E-state index contributed by atoms with van der Waals surface area (Å²) in [6.07, 6.45) is 5.78. The summed E-state index contributed by atoms with van der Waals surface area (Å²) >= 11 is 5.90. The largest absolute Gasteiger partial charge is 0.478 e. The molecule has 1 aromatic rings. The highest BCUT2D eigenvalue weighted by Gasteiger charge is 2.19. The van der Waals surface area contributed by atoms with Gasteiger partial charge >= 0.3 is 5.97 Å². The van der Waals surface area contributed by atoms with Gasteiger partial charge in [-0.3, -0.25) is 0 Å². The molecule has 1 fully saturated rings. The number of nitrogens with zero attached hydrogens (tertiary/aromatic N) is 1. The molecule has 1 aromatic heterocycles. The molecule has 0 aromatic carbocycles. The van der Waals surface area contributed by atoms with E-state index in [0.29, 0.717) is 5.88 Å². The van der Waals surface area contributed by atoms with Crippen LogP contribution < -0.4 is 4.74 Å². The van der Waals surface area contributed by atoms with Crippen LogP contribution in [0, 0.1) is 0 Å². The second-order valence-corrected chi connectivity index (χ2v) is 4.25. The van der Waals surface area contributed by atoms with Crippen molar-refractivity contribution >= 4 is 17.6 Å². The van der Waals surface area contributed by atoms with E-state index in [4.69, 9.17) is 21.4 Å². The average Bonchev–Trinajstić information content (AvgIpc) is 2.73. The summed E-state index contributed by atoms with van der Waals surface area (Å²) < 4.78 is 5.60. The van der Waals surface area contributed by atoms with Crippen molar-refractivity contribution in [3.8, 4) is 5.88 Å². The van der Waals surface area contributed by atoms with Gasteiger partial charge in [-0.1, -0.05) is 11.6 Å². The molecule has 0 spiro atoms. The van der Waals surface area contributed by atoms with E-state index < -0.39 is 5.97 Å². The summed E-state index contributed by atoms with van der Waals surface area (Å²) in [4.78, 5) is 14.6. The number of pyridine rings is 1. The van der Waals surface area contributed by atoms with Crippen molar-refractivity contribution in [2.24, 2.45) is 0 Å². The van der Waals surface area contributed by atoms with Gasteiger partial charge < -0.3 is 9.84 Å². The molecule has 1 aliphatic rings. The maximum Gasteiger partial charge on any atom is 0.337 e. The number of hydrogen-bond donors (Lipinski definition) is 1. The van der Waals surface area contributed by atoms with E-state index in [2.05, 4.69) is 4.98 Å². The molecule has 86 valence electrons. The zero-order chi connectivity index (χ0) is 11.5. The lowest BCUT2D eigenvalue weighted by atomic mass is 10.3. The van der Waals surface area contributed by atoms with Crippen molar-refractivity contribution < 1.29 is 14.6 Å². The third-order valence-electron chi connectivity index (χ3n) is 2.63. The van der Waals surface area contributed by atoms with Gasteiger partial charge in [0.2, 0.25) is 5.88 Å². The number of aromatic nitrogens is 1. The maximum absolute atomic E-state index is 10.7. The molecule has 1 saturated carbocycles. The number of carboxylic acids is 1. The van der Waals surface area contributed by atoms with Gasteiger partial charge in [-0.15, -0.1) is 0 Å². The van der Waals surface area contributed by atoms with Gasteiger partial charge in [0.15, 0.2) is 0 Å². The summed E-state index contributed by atoms with van der Waals surface area (Å²) in [6.45, 7) is 0. The number of carboxylic acid groups (broad SMARTS) is 1. The minimum Gasteiger partial charge on any atom is -0.478 e. The van der Waals surface area contributed by atoms with Crippen LogP contribution in [0.5, 0.6) is 5.88 Å². The van der Waals surface area contributed by atoms with Gasteiger partial charge in [-0.2, -0.15) is 0 Å². The Labute approximate surface area is 98.2 Å².